The van der Waals surface area contributed by atoms with Crippen LogP contribution in [-0.2, 0) is 9.53 Å². The second-order valence-corrected chi connectivity index (χ2v) is 6.59. The predicted octanol–water partition coefficient (Wildman–Crippen LogP) is 2.74. The lowest BCUT2D eigenvalue weighted by atomic mass is 10.2. The van der Waals surface area contributed by atoms with Crippen LogP contribution in [0.25, 0.3) is 0 Å². The third-order valence-corrected chi connectivity index (χ3v) is 4.53. The quantitative estimate of drug-likeness (QED) is 0.569. The fourth-order valence-electron chi connectivity index (χ4n) is 2.70. The molecule has 1 aliphatic rings. The number of carbonyl (C=O) groups is 2. The van der Waals surface area contributed by atoms with Crippen LogP contribution in [0.5, 0.6) is 5.75 Å². The molecule has 10 heteroatoms. The predicted molar refractivity (Wildman–Crippen MR) is 105 cm³/mol. The Morgan fingerprint density at radius 2 is 1.86 bits per heavy atom. The van der Waals surface area contributed by atoms with E-state index in [0.717, 1.165) is 0 Å². The summed E-state index contributed by atoms with van der Waals surface area (Å²) in [5.41, 5.74) is 0.458. The number of benzene rings is 2. The van der Waals surface area contributed by atoms with E-state index in [1.54, 1.807) is 29.2 Å². The molecule has 0 atom stereocenters. The Balaban J connectivity index is 1.54. The molecule has 0 aromatic heterocycles. The molecule has 1 N–H and O–H groups in total. The number of nitro benzene ring substituents is 1. The van der Waals surface area contributed by atoms with Gasteiger partial charge in [-0.25, -0.2) is 0 Å². The largest absolute Gasteiger partial charge is 0.484 e. The van der Waals surface area contributed by atoms with Crippen LogP contribution >= 0.6 is 11.6 Å². The molecule has 1 fully saturated rings. The van der Waals surface area contributed by atoms with Gasteiger partial charge in [0.15, 0.2) is 6.61 Å². The third kappa shape index (κ3) is 5.43. The first-order valence-electron chi connectivity index (χ1n) is 8.78. The number of hydrogen-bond donors (Lipinski definition) is 1. The molecule has 1 heterocycles. The van der Waals surface area contributed by atoms with Crippen molar-refractivity contribution < 1.29 is 24.0 Å². The van der Waals surface area contributed by atoms with Crippen LogP contribution in [0.1, 0.15) is 10.4 Å². The molecule has 0 saturated carbocycles. The van der Waals surface area contributed by atoms with Crippen molar-refractivity contribution in [2.45, 2.75) is 0 Å². The molecule has 0 unspecified atom stereocenters. The Labute approximate surface area is 171 Å². The summed E-state index contributed by atoms with van der Waals surface area (Å²) < 4.78 is 10.6. The Morgan fingerprint density at radius 3 is 2.52 bits per heavy atom. The zero-order valence-corrected chi connectivity index (χ0v) is 16.1. The van der Waals surface area contributed by atoms with Gasteiger partial charge in [-0.3, -0.25) is 19.7 Å². The average Bonchev–Trinajstić information content (AvgIpc) is 2.74. The highest BCUT2D eigenvalue weighted by atomic mass is 35.5. The number of nitro groups is 1. The molecule has 1 aliphatic heterocycles. The lowest BCUT2D eigenvalue weighted by Crippen LogP contribution is -2.40. The number of morpholine rings is 1. The number of ether oxygens (including phenoxy) is 2. The van der Waals surface area contributed by atoms with Crippen molar-refractivity contribution in [3.63, 3.8) is 0 Å². The molecule has 152 valence electrons. The SMILES string of the molecule is O=C(COc1ccc(C(=O)N2CCOCC2)cc1)Nc1cc([N+](=O)[O-])ccc1Cl. The summed E-state index contributed by atoms with van der Waals surface area (Å²) in [6.07, 6.45) is 0. The Hall–Kier alpha value is -3.17. The summed E-state index contributed by atoms with van der Waals surface area (Å²) in [7, 11) is 0. The van der Waals surface area contributed by atoms with Crippen molar-refractivity contribution >= 4 is 34.8 Å². The van der Waals surface area contributed by atoms with Gasteiger partial charge in [0.1, 0.15) is 5.75 Å². The maximum absolute atomic E-state index is 12.4. The van der Waals surface area contributed by atoms with E-state index in [9.17, 15) is 19.7 Å². The zero-order valence-electron chi connectivity index (χ0n) is 15.3. The lowest BCUT2D eigenvalue weighted by Gasteiger charge is -2.26. The van der Waals surface area contributed by atoms with Gasteiger partial charge < -0.3 is 19.7 Å². The average molecular weight is 420 g/mol. The van der Waals surface area contributed by atoms with Crippen LogP contribution in [0.3, 0.4) is 0 Å². The maximum Gasteiger partial charge on any atom is 0.271 e. The van der Waals surface area contributed by atoms with E-state index in [2.05, 4.69) is 5.32 Å². The minimum atomic E-state index is -0.581. The molecular weight excluding hydrogens is 402 g/mol. The van der Waals surface area contributed by atoms with Crippen LogP contribution in [0.15, 0.2) is 42.5 Å². The second-order valence-electron chi connectivity index (χ2n) is 6.19. The van der Waals surface area contributed by atoms with Crippen molar-refractivity contribution in [2.75, 3.05) is 38.2 Å². The number of anilines is 1. The highest BCUT2D eigenvalue weighted by Crippen LogP contribution is 2.26. The number of rotatable bonds is 6. The number of nitrogens with zero attached hydrogens (tertiary/aromatic N) is 2. The molecule has 29 heavy (non-hydrogen) atoms. The molecule has 0 aliphatic carbocycles. The topological polar surface area (TPSA) is 111 Å². The summed E-state index contributed by atoms with van der Waals surface area (Å²) in [6.45, 7) is 1.83. The molecule has 0 spiro atoms. The van der Waals surface area contributed by atoms with Crippen LogP contribution in [-0.4, -0.2) is 54.5 Å². The van der Waals surface area contributed by atoms with E-state index in [0.29, 0.717) is 37.6 Å². The summed E-state index contributed by atoms with van der Waals surface area (Å²) >= 11 is 5.95. The molecule has 2 amide bonds. The van der Waals surface area contributed by atoms with Crippen LogP contribution in [0.4, 0.5) is 11.4 Å². The van der Waals surface area contributed by atoms with Gasteiger partial charge >= 0.3 is 0 Å². The van der Waals surface area contributed by atoms with E-state index >= 15 is 0 Å². The highest BCUT2D eigenvalue weighted by Gasteiger charge is 2.18. The van der Waals surface area contributed by atoms with Crippen LogP contribution in [0.2, 0.25) is 5.02 Å². The normalized spacial score (nSPS) is 13.6. The number of carbonyl (C=O) groups excluding carboxylic acids is 2. The number of halogens is 1. The molecular formula is C19H18ClN3O6. The van der Waals surface area contributed by atoms with Gasteiger partial charge in [-0.05, 0) is 30.3 Å². The van der Waals surface area contributed by atoms with Crippen molar-refractivity contribution in [1.82, 2.24) is 4.90 Å². The summed E-state index contributed by atoms with van der Waals surface area (Å²) in [5, 5.41) is 13.5. The van der Waals surface area contributed by atoms with Gasteiger partial charge in [0.25, 0.3) is 17.5 Å². The van der Waals surface area contributed by atoms with E-state index in [-0.39, 0.29) is 28.9 Å². The Morgan fingerprint density at radius 1 is 1.17 bits per heavy atom. The standard InChI is InChI=1S/C19H18ClN3O6/c20-16-6-3-14(23(26)27)11-17(16)21-18(24)12-29-15-4-1-13(2-5-15)19(25)22-7-9-28-10-8-22/h1-6,11H,7-10,12H2,(H,21,24). The summed E-state index contributed by atoms with van der Waals surface area (Å²) in [4.78, 5) is 36.4. The van der Waals surface area contributed by atoms with E-state index in [1.165, 1.54) is 18.2 Å². The second kappa shape index (κ2) is 9.35. The lowest BCUT2D eigenvalue weighted by molar-refractivity contribution is -0.384. The van der Waals surface area contributed by atoms with E-state index in [4.69, 9.17) is 21.1 Å². The first kappa shape index (κ1) is 20.6. The summed E-state index contributed by atoms with van der Waals surface area (Å²) in [5.74, 6) is -0.206. The van der Waals surface area contributed by atoms with Crippen molar-refractivity contribution in [1.29, 1.82) is 0 Å². The van der Waals surface area contributed by atoms with Gasteiger partial charge in [-0.1, -0.05) is 11.6 Å². The van der Waals surface area contributed by atoms with Gasteiger partial charge in [-0.15, -0.1) is 0 Å². The van der Waals surface area contributed by atoms with Gasteiger partial charge in [0.2, 0.25) is 0 Å². The highest BCUT2D eigenvalue weighted by molar-refractivity contribution is 6.33. The third-order valence-electron chi connectivity index (χ3n) is 4.20. The molecule has 0 bridgehead atoms. The molecule has 0 radical (unpaired) electrons. The number of non-ortho nitro benzene ring substituents is 1. The van der Waals surface area contributed by atoms with Gasteiger partial charge in [0, 0.05) is 30.8 Å². The first-order chi connectivity index (χ1) is 13.9. The van der Waals surface area contributed by atoms with Crippen molar-refractivity contribution in [3.05, 3.63) is 63.2 Å². The van der Waals surface area contributed by atoms with Crippen LogP contribution < -0.4 is 10.1 Å². The molecule has 3 rings (SSSR count). The smallest absolute Gasteiger partial charge is 0.271 e. The van der Waals surface area contributed by atoms with E-state index in [1.807, 2.05) is 0 Å². The number of nitrogens with one attached hydrogen (secondary N) is 1. The number of hydrogen-bond acceptors (Lipinski definition) is 6. The zero-order chi connectivity index (χ0) is 20.8. The van der Waals surface area contributed by atoms with Gasteiger partial charge in [0.05, 0.1) is 28.8 Å². The molecule has 2 aromatic carbocycles. The molecule has 9 nitrogen and oxygen atoms in total. The maximum atomic E-state index is 12.4. The first-order valence-corrected chi connectivity index (χ1v) is 9.15. The fraction of sp³-hybridized carbons (Fsp3) is 0.263. The number of amides is 2. The molecule has 2 aromatic rings. The fourth-order valence-corrected chi connectivity index (χ4v) is 2.87. The minimum Gasteiger partial charge on any atom is -0.484 e. The monoisotopic (exact) mass is 419 g/mol. The minimum absolute atomic E-state index is 0.0853. The van der Waals surface area contributed by atoms with Crippen molar-refractivity contribution in [3.8, 4) is 5.75 Å². The summed E-state index contributed by atoms with van der Waals surface area (Å²) in [6, 6.07) is 10.2. The van der Waals surface area contributed by atoms with E-state index < -0.39 is 10.8 Å². The van der Waals surface area contributed by atoms with Crippen LogP contribution in [0, 0.1) is 10.1 Å². The van der Waals surface area contributed by atoms with Gasteiger partial charge in [-0.2, -0.15) is 0 Å². The molecule has 1 saturated heterocycles. The Bertz CT molecular complexity index is 913. The Kier molecular flexibility index (Phi) is 6.63. The van der Waals surface area contributed by atoms with Crippen molar-refractivity contribution in [2.24, 2.45) is 0 Å².